The van der Waals surface area contributed by atoms with Crippen LogP contribution in [-0.2, 0) is 6.42 Å². The largest absolute Gasteiger partial charge is 0.384 e. The van der Waals surface area contributed by atoms with E-state index >= 15 is 0 Å². The van der Waals surface area contributed by atoms with Crippen LogP contribution in [0, 0.1) is 12.8 Å². The van der Waals surface area contributed by atoms with Crippen molar-refractivity contribution in [1.29, 1.82) is 0 Å². The summed E-state index contributed by atoms with van der Waals surface area (Å²) in [4.78, 5) is 19.6. The summed E-state index contributed by atoms with van der Waals surface area (Å²) < 4.78 is 5.07. The highest BCUT2D eigenvalue weighted by Crippen LogP contribution is 2.28. The molecule has 3 aromatic heterocycles. The van der Waals surface area contributed by atoms with E-state index in [0.29, 0.717) is 23.3 Å². The summed E-state index contributed by atoms with van der Waals surface area (Å²) >= 11 is 0. The van der Waals surface area contributed by atoms with Gasteiger partial charge in [-0.25, -0.2) is 15.0 Å². The lowest BCUT2D eigenvalue weighted by Crippen LogP contribution is -2.37. The second-order valence-corrected chi connectivity index (χ2v) is 6.19. The molecule has 2 N–H and O–H groups in total. The number of nitrogen functional groups attached to an aromatic ring is 1. The van der Waals surface area contributed by atoms with E-state index in [9.17, 15) is 0 Å². The van der Waals surface area contributed by atoms with Gasteiger partial charge in [-0.2, -0.15) is 4.98 Å². The van der Waals surface area contributed by atoms with Crippen molar-refractivity contribution in [2.45, 2.75) is 26.2 Å². The molecule has 1 atom stereocenters. The predicted molar refractivity (Wildman–Crippen MR) is 89.4 cm³/mol. The Hall–Kier alpha value is -2.77. The Labute approximate surface area is 139 Å². The highest BCUT2D eigenvalue weighted by Gasteiger charge is 2.24. The van der Waals surface area contributed by atoms with Crippen LogP contribution in [0.25, 0.3) is 11.0 Å². The minimum atomic E-state index is 0.469. The van der Waals surface area contributed by atoms with Crippen LogP contribution < -0.4 is 10.6 Å². The zero-order valence-electron chi connectivity index (χ0n) is 13.5. The number of nitrogens with zero attached hydrogens (tertiary/aromatic N) is 6. The number of rotatable bonds is 3. The maximum atomic E-state index is 5.75. The summed E-state index contributed by atoms with van der Waals surface area (Å²) in [5.74, 6) is 3.25. The second-order valence-electron chi connectivity index (χ2n) is 6.19. The molecule has 0 unspecified atom stereocenters. The van der Waals surface area contributed by atoms with Gasteiger partial charge in [0.25, 0.3) is 0 Å². The highest BCUT2D eigenvalue weighted by molar-refractivity contribution is 5.87. The Morgan fingerprint density at radius 2 is 2.21 bits per heavy atom. The molecule has 3 aromatic rings. The molecule has 8 heteroatoms. The molecule has 4 heterocycles. The molecule has 124 valence electrons. The van der Waals surface area contributed by atoms with Crippen molar-refractivity contribution in [1.82, 2.24) is 25.1 Å². The van der Waals surface area contributed by atoms with Crippen LogP contribution in [-0.4, -0.2) is 38.2 Å². The number of pyridine rings is 1. The average Bonchev–Trinajstić information content (AvgIpc) is 2.99. The van der Waals surface area contributed by atoms with Crippen LogP contribution in [0.4, 0.5) is 11.6 Å². The molecular weight excluding hydrogens is 306 g/mol. The Balaban J connectivity index is 1.58. The van der Waals surface area contributed by atoms with E-state index < -0.39 is 0 Å². The van der Waals surface area contributed by atoms with Gasteiger partial charge in [-0.15, -0.1) is 0 Å². The molecule has 0 aliphatic carbocycles. The van der Waals surface area contributed by atoms with Gasteiger partial charge in [0.1, 0.15) is 18.0 Å². The minimum absolute atomic E-state index is 0.469. The lowest BCUT2D eigenvalue weighted by Gasteiger charge is -2.33. The van der Waals surface area contributed by atoms with Crippen molar-refractivity contribution in [3.8, 4) is 0 Å². The fourth-order valence-corrected chi connectivity index (χ4v) is 3.30. The third kappa shape index (κ3) is 2.86. The number of aromatic nitrogens is 5. The Kier molecular flexibility index (Phi) is 3.72. The normalized spacial score (nSPS) is 18.2. The summed E-state index contributed by atoms with van der Waals surface area (Å²) in [6, 6.07) is 3.73. The minimum Gasteiger partial charge on any atom is -0.384 e. The van der Waals surface area contributed by atoms with Gasteiger partial charge < -0.3 is 15.2 Å². The highest BCUT2D eigenvalue weighted by atomic mass is 16.5. The van der Waals surface area contributed by atoms with Crippen molar-refractivity contribution < 1.29 is 4.52 Å². The van der Waals surface area contributed by atoms with Crippen LogP contribution in [0.5, 0.6) is 0 Å². The monoisotopic (exact) mass is 325 g/mol. The van der Waals surface area contributed by atoms with Gasteiger partial charge in [0.2, 0.25) is 5.89 Å². The van der Waals surface area contributed by atoms with Crippen molar-refractivity contribution in [2.75, 3.05) is 23.7 Å². The molecule has 0 amide bonds. The molecule has 0 aromatic carbocycles. The number of fused-ring (bicyclic) bond motifs is 1. The number of nitrogens with two attached hydrogens (primary N) is 1. The van der Waals surface area contributed by atoms with Gasteiger partial charge >= 0.3 is 0 Å². The van der Waals surface area contributed by atoms with Crippen LogP contribution in [0.2, 0.25) is 0 Å². The number of hydrogen-bond acceptors (Lipinski definition) is 8. The molecule has 1 saturated heterocycles. The lowest BCUT2D eigenvalue weighted by atomic mass is 9.94. The van der Waals surface area contributed by atoms with Gasteiger partial charge in [0.05, 0.1) is 5.39 Å². The van der Waals surface area contributed by atoms with Crippen LogP contribution >= 0.6 is 0 Å². The van der Waals surface area contributed by atoms with Gasteiger partial charge in [-0.05, 0) is 30.9 Å². The van der Waals surface area contributed by atoms with Crippen molar-refractivity contribution in [2.24, 2.45) is 5.92 Å². The van der Waals surface area contributed by atoms with Crippen LogP contribution in [0.3, 0.4) is 0 Å². The fraction of sp³-hybridized carbons (Fsp3) is 0.438. The molecule has 0 spiro atoms. The maximum Gasteiger partial charge on any atom is 0.223 e. The smallest absolute Gasteiger partial charge is 0.223 e. The Morgan fingerprint density at radius 3 is 3.04 bits per heavy atom. The van der Waals surface area contributed by atoms with Crippen molar-refractivity contribution in [3.05, 3.63) is 30.2 Å². The van der Waals surface area contributed by atoms with E-state index in [4.69, 9.17) is 10.3 Å². The number of aryl methyl sites for hydroxylation is 1. The molecule has 1 aliphatic rings. The second kappa shape index (κ2) is 6.03. The molecule has 0 bridgehead atoms. The van der Waals surface area contributed by atoms with Gasteiger partial charge in [0, 0.05) is 26.4 Å². The molecule has 24 heavy (non-hydrogen) atoms. The van der Waals surface area contributed by atoms with Gasteiger partial charge in [-0.1, -0.05) is 5.16 Å². The number of hydrogen-bond donors (Lipinski definition) is 1. The first-order valence-electron chi connectivity index (χ1n) is 8.10. The zero-order valence-corrected chi connectivity index (χ0v) is 13.5. The Bertz CT molecular complexity index is 863. The summed E-state index contributed by atoms with van der Waals surface area (Å²) in [5.41, 5.74) is 6.39. The quantitative estimate of drug-likeness (QED) is 0.776. The van der Waals surface area contributed by atoms with Crippen molar-refractivity contribution in [3.63, 3.8) is 0 Å². The third-order valence-electron chi connectivity index (χ3n) is 4.36. The van der Waals surface area contributed by atoms with E-state index in [1.807, 2.05) is 13.0 Å². The number of piperidine rings is 1. The Morgan fingerprint density at radius 1 is 1.29 bits per heavy atom. The van der Waals surface area contributed by atoms with Crippen LogP contribution in [0.15, 0.2) is 23.0 Å². The van der Waals surface area contributed by atoms with E-state index in [1.54, 1.807) is 12.4 Å². The molecular formula is C16H19N7O. The topological polar surface area (TPSA) is 107 Å². The third-order valence-corrected chi connectivity index (χ3v) is 4.36. The van der Waals surface area contributed by atoms with Gasteiger partial charge in [-0.3, -0.25) is 0 Å². The van der Waals surface area contributed by atoms with E-state index in [-0.39, 0.29) is 0 Å². The summed E-state index contributed by atoms with van der Waals surface area (Å²) in [6.07, 6.45) is 4.63. The molecule has 8 nitrogen and oxygen atoms in total. The molecule has 1 aliphatic heterocycles. The van der Waals surface area contributed by atoms with Crippen molar-refractivity contribution >= 4 is 22.7 Å². The van der Waals surface area contributed by atoms with E-state index in [2.05, 4.69) is 30.0 Å². The zero-order chi connectivity index (χ0) is 16.5. The first kappa shape index (κ1) is 14.8. The maximum absolute atomic E-state index is 5.75. The van der Waals surface area contributed by atoms with Gasteiger partial charge in [0.15, 0.2) is 11.5 Å². The first-order valence-corrected chi connectivity index (χ1v) is 8.10. The summed E-state index contributed by atoms with van der Waals surface area (Å²) in [5, 5.41) is 4.95. The number of anilines is 2. The summed E-state index contributed by atoms with van der Waals surface area (Å²) in [6.45, 7) is 3.69. The SMILES string of the molecule is Cc1nc(C[C@H]2CCCN(c3ncnc4nc(N)ccc34)C2)no1. The fourth-order valence-electron chi connectivity index (χ4n) is 3.30. The molecule has 1 fully saturated rings. The average molecular weight is 325 g/mol. The first-order chi connectivity index (χ1) is 11.7. The molecule has 0 saturated carbocycles. The van der Waals surface area contributed by atoms with E-state index in [1.165, 1.54) is 0 Å². The van der Waals surface area contributed by atoms with E-state index in [0.717, 1.165) is 49.4 Å². The van der Waals surface area contributed by atoms with Crippen LogP contribution in [0.1, 0.15) is 24.6 Å². The predicted octanol–water partition coefficient (Wildman–Crippen LogP) is 1.76. The lowest BCUT2D eigenvalue weighted by molar-refractivity contribution is 0.369. The summed E-state index contributed by atoms with van der Waals surface area (Å²) in [7, 11) is 0. The standard InChI is InChI=1S/C16H19N7O/c1-10-20-14(22-24-10)7-11-3-2-6-23(8-11)16-12-4-5-13(17)21-15(12)18-9-19-16/h4-5,9,11H,2-3,6-8H2,1H3,(H2,17,18,19,21)/t11-/m1/s1. The molecule has 4 rings (SSSR count). The molecule has 0 radical (unpaired) electrons.